The second-order valence-corrected chi connectivity index (χ2v) is 4.52. The van der Waals surface area contributed by atoms with Crippen LogP contribution in [0.2, 0.25) is 0 Å². The number of hydrogen-bond donors (Lipinski definition) is 2. The summed E-state index contributed by atoms with van der Waals surface area (Å²) >= 11 is 0. The standard InChI is InChI=1S/C5H14N2O3S/c1-5(2,3)6-11(8,9)7-10-4/h6-7H,1-4H3. The monoisotopic (exact) mass is 182 g/mol. The molecule has 0 saturated carbocycles. The average Bonchev–Trinajstić information content (AvgIpc) is 1.55. The Kier molecular flexibility index (Phi) is 3.43. The van der Waals surface area contributed by atoms with E-state index in [9.17, 15) is 8.42 Å². The van der Waals surface area contributed by atoms with Crippen molar-refractivity contribution in [2.45, 2.75) is 26.3 Å². The quantitative estimate of drug-likeness (QED) is 0.592. The first-order valence-electron chi connectivity index (χ1n) is 3.10. The van der Waals surface area contributed by atoms with Crippen LogP contribution in [0.3, 0.4) is 0 Å². The SMILES string of the molecule is CONS(=O)(=O)NC(C)(C)C. The van der Waals surface area contributed by atoms with Gasteiger partial charge in [0.25, 0.3) is 10.2 Å². The van der Waals surface area contributed by atoms with E-state index in [4.69, 9.17) is 0 Å². The lowest BCUT2D eigenvalue weighted by molar-refractivity contribution is 0.150. The molecule has 0 rings (SSSR count). The van der Waals surface area contributed by atoms with Crippen LogP contribution >= 0.6 is 0 Å². The largest absolute Gasteiger partial charge is 0.299 e. The minimum atomic E-state index is -3.51. The Balaban J connectivity index is 4.15. The molecule has 0 bridgehead atoms. The van der Waals surface area contributed by atoms with Crippen LogP contribution in [0.25, 0.3) is 0 Å². The fourth-order valence-electron chi connectivity index (χ4n) is 0.534. The zero-order valence-electron chi connectivity index (χ0n) is 7.13. The van der Waals surface area contributed by atoms with Gasteiger partial charge in [-0.3, -0.25) is 4.84 Å². The van der Waals surface area contributed by atoms with E-state index >= 15 is 0 Å². The van der Waals surface area contributed by atoms with Crippen molar-refractivity contribution >= 4 is 10.2 Å². The van der Waals surface area contributed by atoms with Crippen molar-refractivity contribution in [3.05, 3.63) is 0 Å². The van der Waals surface area contributed by atoms with Gasteiger partial charge in [-0.1, -0.05) is 4.89 Å². The van der Waals surface area contributed by atoms with Gasteiger partial charge in [0.15, 0.2) is 0 Å². The van der Waals surface area contributed by atoms with Crippen LogP contribution in [0, 0.1) is 0 Å². The summed E-state index contributed by atoms with van der Waals surface area (Å²) in [5.74, 6) is 0. The fraction of sp³-hybridized carbons (Fsp3) is 1.00. The van der Waals surface area contributed by atoms with Crippen molar-refractivity contribution in [3.63, 3.8) is 0 Å². The summed E-state index contributed by atoms with van der Waals surface area (Å²) in [6.07, 6.45) is 0. The molecule has 0 radical (unpaired) electrons. The summed E-state index contributed by atoms with van der Waals surface area (Å²) in [6, 6.07) is 0. The molecule has 0 atom stereocenters. The molecular weight excluding hydrogens is 168 g/mol. The Labute approximate surface area is 67.3 Å². The molecule has 68 valence electrons. The van der Waals surface area contributed by atoms with E-state index in [1.165, 1.54) is 7.11 Å². The average molecular weight is 182 g/mol. The zero-order valence-corrected chi connectivity index (χ0v) is 7.95. The summed E-state index contributed by atoms with van der Waals surface area (Å²) in [6.45, 7) is 5.21. The van der Waals surface area contributed by atoms with Crippen molar-refractivity contribution in [1.29, 1.82) is 0 Å². The molecule has 0 aromatic carbocycles. The fourth-order valence-corrected chi connectivity index (χ4v) is 1.60. The Hall–Kier alpha value is -0.170. The van der Waals surface area contributed by atoms with Crippen LogP contribution in [0.15, 0.2) is 0 Å². The summed E-state index contributed by atoms with van der Waals surface area (Å²) < 4.78 is 24.1. The maximum absolute atomic E-state index is 10.9. The van der Waals surface area contributed by atoms with E-state index < -0.39 is 15.7 Å². The molecule has 0 spiro atoms. The predicted molar refractivity (Wildman–Crippen MR) is 42.0 cm³/mol. The van der Waals surface area contributed by atoms with Gasteiger partial charge in [0.2, 0.25) is 0 Å². The normalized spacial score (nSPS) is 13.5. The maximum Gasteiger partial charge on any atom is 0.299 e. The molecule has 2 N–H and O–H groups in total. The zero-order chi connectivity index (χ0) is 9.12. The van der Waals surface area contributed by atoms with Gasteiger partial charge in [-0.2, -0.15) is 13.1 Å². The molecule has 0 unspecified atom stereocenters. The van der Waals surface area contributed by atoms with Crippen molar-refractivity contribution in [2.24, 2.45) is 0 Å². The first kappa shape index (κ1) is 10.8. The molecule has 0 saturated heterocycles. The number of rotatable bonds is 3. The second kappa shape index (κ2) is 3.48. The van der Waals surface area contributed by atoms with Crippen molar-refractivity contribution in [3.8, 4) is 0 Å². The van der Waals surface area contributed by atoms with Gasteiger partial charge >= 0.3 is 0 Å². The molecule has 6 heteroatoms. The van der Waals surface area contributed by atoms with Crippen LogP contribution < -0.4 is 9.61 Å². The van der Waals surface area contributed by atoms with Gasteiger partial charge in [0.05, 0.1) is 7.11 Å². The van der Waals surface area contributed by atoms with Crippen LogP contribution in [0.5, 0.6) is 0 Å². The van der Waals surface area contributed by atoms with Crippen LogP contribution in [0.1, 0.15) is 20.8 Å². The third-order valence-electron chi connectivity index (χ3n) is 0.634. The maximum atomic E-state index is 10.9. The van der Waals surface area contributed by atoms with Gasteiger partial charge < -0.3 is 0 Å². The van der Waals surface area contributed by atoms with Crippen LogP contribution in [0.4, 0.5) is 0 Å². The van der Waals surface area contributed by atoms with Crippen LogP contribution in [-0.4, -0.2) is 21.1 Å². The third-order valence-corrected chi connectivity index (χ3v) is 1.90. The first-order chi connectivity index (χ1) is 4.77. The number of hydrogen-bond acceptors (Lipinski definition) is 3. The molecule has 0 aliphatic rings. The third kappa shape index (κ3) is 6.24. The lowest BCUT2D eigenvalue weighted by atomic mass is 10.1. The van der Waals surface area contributed by atoms with Crippen molar-refractivity contribution in [2.75, 3.05) is 7.11 Å². The summed E-state index contributed by atoms with van der Waals surface area (Å²) in [7, 11) is -2.27. The van der Waals surface area contributed by atoms with E-state index in [1.807, 2.05) is 4.89 Å². The Morgan fingerprint density at radius 3 is 2.00 bits per heavy atom. The van der Waals surface area contributed by atoms with Crippen LogP contribution in [-0.2, 0) is 15.0 Å². The van der Waals surface area contributed by atoms with Crippen molar-refractivity contribution in [1.82, 2.24) is 9.61 Å². The summed E-state index contributed by atoms with van der Waals surface area (Å²) in [5, 5.41) is 0. The van der Waals surface area contributed by atoms with Gasteiger partial charge in [-0.15, -0.1) is 0 Å². The van der Waals surface area contributed by atoms with E-state index in [2.05, 4.69) is 9.56 Å². The number of nitrogens with one attached hydrogen (secondary N) is 2. The van der Waals surface area contributed by atoms with E-state index in [1.54, 1.807) is 20.8 Å². The lowest BCUT2D eigenvalue weighted by Crippen LogP contribution is -2.46. The lowest BCUT2D eigenvalue weighted by Gasteiger charge is -2.19. The highest BCUT2D eigenvalue weighted by Crippen LogP contribution is 1.99. The summed E-state index contributed by atoms with van der Waals surface area (Å²) in [5.41, 5.74) is -0.496. The summed E-state index contributed by atoms with van der Waals surface area (Å²) in [4.78, 5) is 6.09. The topological polar surface area (TPSA) is 67.4 Å². The molecule has 0 aromatic heterocycles. The molecule has 0 heterocycles. The minimum Gasteiger partial charge on any atom is -0.289 e. The Morgan fingerprint density at radius 1 is 1.27 bits per heavy atom. The molecular formula is C5H14N2O3S. The Morgan fingerprint density at radius 2 is 1.73 bits per heavy atom. The van der Waals surface area contributed by atoms with Gasteiger partial charge in [-0.05, 0) is 20.8 Å². The highest BCUT2D eigenvalue weighted by Gasteiger charge is 2.18. The second-order valence-electron chi connectivity index (χ2n) is 3.14. The van der Waals surface area contributed by atoms with Gasteiger partial charge in [0.1, 0.15) is 0 Å². The molecule has 0 aliphatic carbocycles. The Bertz CT molecular complexity index is 204. The van der Waals surface area contributed by atoms with Gasteiger partial charge in [-0.25, -0.2) is 0 Å². The highest BCUT2D eigenvalue weighted by atomic mass is 32.2. The van der Waals surface area contributed by atoms with E-state index in [0.717, 1.165) is 0 Å². The van der Waals surface area contributed by atoms with Gasteiger partial charge in [0, 0.05) is 5.54 Å². The molecule has 0 aliphatic heterocycles. The predicted octanol–water partition coefficient (Wildman–Crippen LogP) is -0.230. The smallest absolute Gasteiger partial charge is 0.289 e. The molecule has 11 heavy (non-hydrogen) atoms. The molecule has 0 aromatic rings. The minimum absolute atomic E-state index is 0.496. The first-order valence-corrected chi connectivity index (χ1v) is 4.59. The molecule has 5 nitrogen and oxygen atoms in total. The van der Waals surface area contributed by atoms with E-state index in [-0.39, 0.29) is 0 Å². The van der Waals surface area contributed by atoms with Crippen molar-refractivity contribution < 1.29 is 13.3 Å². The highest BCUT2D eigenvalue weighted by molar-refractivity contribution is 7.87. The molecule has 0 amide bonds. The van der Waals surface area contributed by atoms with E-state index in [0.29, 0.717) is 0 Å². The molecule has 0 fully saturated rings.